The van der Waals surface area contributed by atoms with E-state index in [0.29, 0.717) is 0 Å². The zero-order valence-corrected chi connectivity index (χ0v) is 19.4. The van der Waals surface area contributed by atoms with Crippen molar-refractivity contribution in [2.24, 2.45) is 0 Å². The summed E-state index contributed by atoms with van der Waals surface area (Å²) in [7, 11) is 0. The predicted molar refractivity (Wildman–Crippen MR) is 128 cm³/mol. The number of aromatic nitrogens is 3. The van der Waals surface area contributed by atoms with Crippen molar-refractivity contribution in [1.29, 1.82) is 0 Å². The fourth-order valence-corrected chi connectivity index (χ4v) is 5.31. The zero-order valence-electron chi connectivity index (χ0n) is 18.6. The van der Waals surface area contributed by atoms with Crippen LogP contribution < -0.4 is 5.32 Å². The molecule has 7 heteroatoms. The number of aryl methyl sites for hydroxylation is 1. The van der Waals surface area contributed by atoms with E-state index in [2.05, 4.69) is 56.8 Å². The Morgan fingerprint density at radius 3 is 2.81 bits per heavy atom. The van der Waals surface area contributed by atoms with Gasteiger partial charge in [0.25, 0.3) is 0 Å². The monoisotopic (exact) mass is 447 g/mol. The van der Waals surface area contributed by atoms with E-state index in [-0.39, 0.29) is 18.2 Å². The van der Waals surface area contributed by atoms with Gasteiger partial charge in [-0.1, -0.05) is 12.1 Å². The number of thiocarbonyl (C=S) groups is 1. The molecule has 6 nitrogen and oxygen atoms in total. The zero-order chi connectivity index (χ0) is 22.1. The molecule has 2 fully saturated rings. The van der Waals surface area contributed by atoms with Crippen molar-refractivity contribution in [3.63, 3.8) is 0 Å². The van der Waals surface area contributed by atoms with Crippen molar-refractivity contribution >= 4 is 17.3 Å². The van der Waals surface area contributed by atoms with Crippen LogP contribution in [0.3, 0.4) is 0 Å². The predicted octanol–water partition coefficient (Wildman–Crippen LogP) is 4.09. The summed E-state index contributed by atoms with van der Waals surface area (Å²) in [6.07, 6.45) is 8.03. The van der Waals surface area contributed by atoms with Crippen molar-refractivity contribution in [2.75, 3.05) is 13.2 Å². The topological polar surface area (TPSA) is 55.2 Å². The van der Waals surface area contributed by atoms with E-state index in [9.17, 15) is 0 Å². The maximum atomic E-state index is 5.97. The Labute approximate surface area is 194 Å². The largest absolute Gasteiger partial charge is 0.376 e. The SMILES string of the molecule is Cc1cc([C@@H]2[C@@H](c3ccccn3)NC(=S)N2C[C@H]2CCCO2)c(C)n1Cc1cccnc1. The summed E-state index contributed by atoms with van der Waals surface area (Å²) in [5, 5.41) is 4.34. The highest BCUT2D eigenvalue weighted by molar-refractivity contribution is 7.80. The van der Waals surface area contributed by atoms with Gasteiger partial charge in [-0.2, -0.15) is 0 Å². The van der Waals surface area contributed by atoms with Crippen LogP contribution in [0.4, 0.5) is 0 Å². The van der Waals surface area contributed by atoms with Crippen molar-refractivity contribution in [2.45, 2.75) is 51.4 Å². The molecular formula is C25H29N5OS. The average molecular weight is 448 g/mol. The number of nitrogens with one attached hydrogen (secondary N) is 1. The molecule has 5 rings (SSSR count). The number of ether oxygens (including phenoxy) is 1. The van der Waals surface area contributed by atoms with Gasteiger partial charge in [-0.05, 0) is 74.3 Å². The molecule has 3 aromatic rings. The van der Waals surface area contributed by atoms with Gasteiger partial charge in [0.05, 0.1) is 23.9 Å². The van der Waals surface area contributed by atoms with Crippen LogP contribution in [0.1, 0.15) is 53.1 Å². The van der Waals surface area contributed by atoms with Gasteiger partial charge in [0.1, 0.15) is 0 Å². The molecule has 5 heterocycles. The number of hydrogen-bond acceptors (Lipinski definition) is 4. The van der Waals surface area contributed by atoms with Crippen molar-refractivity contribution in [3.8, 4) is 0 Å². The van der Waals surface area contributed by atoms with E-state index in [4.69, 9.17) is 17.0 Å². The molecule has 0 bridgehead atoms. The van der Waals surface area contributed by atoms with E-state index >= 15 is 0 Å². The average Bonchev–Trinajstić information content (AvgIpc) is 3.51. The molecule has 0 saturated carbocycles. The lowest BCUT2D eigenvalue weighted by atomic mass is 9.96. The fraction of sp³-hybridized carbons (Fsp3) is 0.400. The second kappa shape index (κ2) is 9.00. The first kappa shape index (κ1) is 21.1. The van der Waals surface area contributed by atoms with Crippen molar-refractivity contribution in [3.05, 3.63) is 83.2 Å². The maximum absolute atomic E-state index is 5.97. The van der Waals surface area contributed by atoms with Crippen molar-refractivity contribution in [1.82, 2.24) is 24.8 Å². The first-order chi connectivity index (χ1) is 15.6. The molecule has 0 spiro atoms. The van der Waals surface area contributed by atoms with Crippen LogP contribution in [0.5, 0.6) is 0 Å². The molecule has 32 heavy (non-hydrogen) atoms. The van der Waals surface area contributed by atoms with Crippen LogP contribution in [0.2, 0.25) is 0 Å². The standard InChI is InChI=1S/C25H29N5OS/c1-17-13-21(18(2)29(17)15-19-7-5-10-26-14-19)24-23(22-9-3-4-11-27-22)28-25(32)30(24)16-20-8-6-12-31-20/h3-5,7,9-11,13-14,20,23-24H,6,8,12,15-16H2,1-2H3,(H,28,32)/t20-,23-,24-/m1/s1. The summed E-state index contributed by atoms with van der Waals surface area (Å²) in [4.78, 5) is 11.3. The van der Waals surface area contributed by atoms with Gasteiger partial charge in [-0.3, -0.25) is 9.97 Å². The number of pyridine rings is 2. The molecule has 2 aliphatic heterocycles. The van der Waals surface area contributed by atoms with Crippen LogP contribution in [0, 0.1) is 13.8 Å². The Kier molecular flexibility index (Phi) is 5.93. The van der Waals surface area contributed by atoms with Crippen LogP contribution in [-0.2, 0) is 11.3 Å². The molecule has 0 aromatic carbocycles. The highest BCUT2D eigenvalue weighted by Crippen LogP contribution is 2.41. The van der Waals surface area contributed by atoms with E-state index < -0.39 is 0 Å². The third-order valence-corrected chi connectivity index (χ3v) is 6.97. The van der Waals surface area contributed by atoms with Gasteiger partial charge >= 0.3 is 0 Å². The van der Waals surface area contributed by atoms with E-state index in [1.807, 2.05) is 36.8 Å². The van der Waals surface area contributed by atoms with Crippen LogP contribution >= 0.6 is 12.2 Å². The summed E-state index contributed by atoms with van der Waals surface area (Å²) in [6, 6.07) is 12.6. The summed E-state index contributed by atoms with van der Waals surface area (Å²) in [5.74, 6) is 0. The van der Waals surface area contributed by atoms with Gasteiger partial charge in [0.2, 0.25) is 0 Å². The number of rotatable bonds is 6. The van der Waals surface area contributed by atoms with Crippen LogP contribution in [0.25, 0.3) is 0 Å². The summed E-state index contributed by atoms with van der Waals surface area (Å²) < 4.78 is 8.34. The summed E-state index contributed by atoms with van der Waals surface area (Å²) >= 11 is 5.83. The van der Waals surface area contributed by atoms with Crippen LogP contribution in [0.15, 0.2) is 55.0 Å². The third kappa shape index (κ3) is 4.02. The van der Waals surface area contributed by atoms with Crippen LogP contribution in [-0.4, -0.2) is 43.8 Å². The summed E-state index contributed by atoms with van der Waals surface area (Å²) in [5.41, 5.74) is 5.97. The molecule has 3 aromatic heterocycles. The summed E-state index contributed by atoms with van der Waals surface area (Å²) in [6.45, 7) is 6.82. The van der Waals surface area contributed by atoms with Gasteiger partial charge in [-0.15, -0.1) is 0 Å². The molecular weight excluding hydrogens is 418 g/mol. The smallest absolute Gasteiger partial charge is 0.170 e. The normalized spacial score (nSPS) is 23.0. The Balaban J connectivity index is 1.53. The number of hydrogen-bond donors (Lipinski definition) is 1. The Morgan fingerprint density at radius 2 is 2.09 bits per heavy atom. The molecule has 0 unspecified atom stereocenters. The molecule has 166 valence electrons. The molecule has 3 atom stereocenters. The highest BCUT2D eigenvalue weighted by Gasteiger charge is 2.42. The lowest BCUT2D eigenvalue weighted by molar-refractivity contribution is 0.0842. The molecule has 0 aliphatic carbocycles. The molecule has 0 amide bonds. The molecule has 2 saturated heterocycles. The highest BCUT2D eigenvalue weighted by atomic mass is 32.1. The molecule has 1 N–H and O–H groups in total. The third-order valence-electron chi connectivity index (χ3n) is 6.62. The minimum Gasteiger partial charge on any atom is -0.376 e. The fourth-order valence-electron chi connectivity index (χ4n) is 4.99. The Hall–Kier alpha value is -2.77. The maximum Gasteiger partial charge on any atom is 0.170 e. The number of nitrogens with zero attached hydrogens (tertiary/aromatic N) is 4. The Bertz CT molecular complexity index is 1080. The second-order valence-electron chi connectivity index (χ2n) is 8.69. The Morgan fingerprint density at radius 1 is 1.19 bits per heavy atom. The van der Waals surface area contributed by atoms with Crippen molar-refractivity contribution < 1.29 is 4.74 Å². The van der Waals surface area contributed by atoms with Gasteiger partial charge in [0.15, 0.2) is 5.11 Å². The minimum atomic E-state index is -0.00237. The first-order valence-corrected chi connectivity index (χ1v) is 11.7. The minimum absolute atomic E-state index is 0.00237. The molecule has 2 aliphatic rings. The quantitative estimate of drug-likeness (QED) is 0.575. The first-order valence-electron chi connectivity index (χ1n) is 11.3. The van der Waals surface area contributed by atoms with Gasteiger partial charge in [0, 0.05) is 49.7 Å². The second-order valence-corrected chi connectivity index (χ2v) is 9.07. The van der Waals surface area contributed by atoms with E-state index in [1.54, 1.807) is 0 Å². The van der Waals surface area contributed by atoms with Gasteiger partial charge in [-0.25, -0.2) is 0 Å². The lowest BCUT2D eigenvalue weighted by Crippen LogP contribution is -2.36. The lowest BCUT2D eigenvalue weighted by Gasteiger charge is -2.30. The van der Waals surface area contributed by atoms with Gasteiger partial charge < -0.3 is 19.5 Å². The van der Waals surface area contributed by atoms with E-state index in [1.165, 1.54) is 22.5 Å². The molecule has 0 radical (unpaired) electrons. The van der Waals surface area contributed by atoms with E-state index in [0.717, 1.165) is 43.3 Å².